The minimum Gasteiger partial charge on any atom is -0.337 e. The Morgan fingerprint density at radius 2 is 2.38 bits per heavy atom. The van der Waals surface area contributed by atoms with E-state index in [-0.39, 0.29) is 0 Å². The number of nitrogens with one attached hydrogen (secondary N) is 1. The van der Waals surface area contributed by atoms with Gasteiger partial charge in [-0.2, -0.15) is 0 Å². The molecule has 1 N–H and O–H groups in total. The third kappa shape index (κ3) is 1.26. The molecule has 1 aromatic rings. The summed E-state index contributed by atoms with van der Waals surface area (Å²) in [5, 5.41) is 0. The molecular weight excluding hydrogens is 180 g/mol. The van der Waals surface area contributed by atoms with E-state index < -0.39 is 0 Å². The van der Waals surface area contributed by atoms with Crippen LogP contribution in [-0.2, 0) is 0 Å². The van der Waals surface area contributed by atoms with Crippen molar-refractivity contribution in [2.24, 2.45) is 11.3 Å². The van der Waals surface area contributed by atoms with Gasteiger partial charge in [-0.05, 0) is 30.0 Å². The second-order valence-electron chi connectivity index (χ2n) is 4.55. The molecule has 2 nitrogen and oxygen atoms in total. The third-order valence-corrected chi connectivity index (χ3v) is 3.89. The fourth-order valence-electron chi connectivity index (χ4n) is 1.97. The van der Waals surface area contributed by atoms with Crippen molar-refractivity contribution in [3.63, 3.8) is 0 Å². The van der Waals surface area contributed by atoms with E-state index >= 15 is 0 Å². The Morgan fingerprint density at radius 1 is 1.69 bits per heavy atom. The summed E-state index contributed by atoms with van der Waals surface area (Å²) >= 11 is 5.20. The molecule has 0 aromatic carbocycles. The molecule has 0 spiro atoms. The molecular formula is C10H16N2S. The molecule has 1 saturated carbocycles. The van der Waals surface area contributed by atoms with E-state index in [1.165, 1.54) is 6.42 Å². The van der Waals surface area contributed by atoms with Crippen molar-refractivity contribution in [3.05, 3.63) is 17.2 Å². The van der Waals surface area contributed by atoms with Crippen molar-refractivity contribution >= 4 is 12.2 Å². The Hall–Kier alpha value is -0.570. The van der Waals surface area contributed by atoms with Crippen LogP contribution in [0.2, 0.25) is 0 Å². The summed E-state index contributed by atoms with van der Waals surface area (Å²) in [5.41, 5.74) is 0.459. The summed E-state index contributed by atoms with van der Waals surface area (Å²) < 4.78 is 3.05. The molecule has 3 heteroatoms. The summed E-state index contributed by atoms with van der Waals surface area (Å²) in [6.45, 7) is 6.92. The monoisotopic (exact) mass is 196 g/mol. The number of hydrogen-bond acceptors (Lipinski definition) is 1. The smallest absolute Gasteiger partial charge is 0.177 e. The molecule has 1 fully saturated rings. The molecule has 1 aliphatic carbocycles. The maximum Gasteiger partial charge on any atom is 0.177 e. The largest absolute Gasteiger partial charge is 0.337 e. The standard InChI is InChI=1S/C10H16N2S/c1-7(2)10(3)6-8(10)12-5-4-11-9(12)13/h4-5,7-8H,6H2,1-3H3,(H,11,13). The van der Waals surface area contributed by atoms with Crippen molar-refractivity contribution in [2.75, 3.05) is 0 Å². The lowest BCUT2D eigenvalue weighted by Gasteiger charge is -2.15. The number of aromatic amines is 1. The van der Waals surface area contributed by atoms with Gasteiger partial charge in [0, 0.05) is 18.4 Å². The molecule has 0 radical (unpaired) electrons. The van der Waals surface area contributed by atoms with Crippen molar-refractivity contribution in [1.29, 1.82) is 0 Å². The van der Waals surface area contributed by atoms with E-state index in [1.54, 1.807) is 0 Å². The molecule has 0 aliphatic heterocycles. The van der Waals surface area contributed by atoms with Crippen LogP contribution in [0.3, 0.4) is 0 Å². The quantitative estimate of drug-likeness (QED) is 0.721. The molecule has 2 rings (SSSR count). The summed E-state index contributed by atoms with van der Waals surface area (Å²) in [4.78, 5) is 3.04. The SMILES string of the molecule is CC(C)C1(C)CC1n1cc[nH]c1=S. The van der Waals surface area contributed by atoms with Crippen LogP contribution in [0, 0.1) is 16.1 Å². The number of imidazole rings is 1. The Labute approximate surface area is 84.0 Å². The minimum absolute atomic E-state index is 0.459. The molecule has 1 heterocycles. The van der Waals surface area contributed by atoms with E-state index in [1.807, 2.05) is 6.20 Å². The number of nitrogens with zero attached hydrogens (tertiary/aromatic N) is 1. The molecule has 72 valence electrons. The summed E-state index contributed by atoms with van der Waals surface area (Å²) in [7, 11) is 0. The van der Waals surface area contributed by atoms with Gasteiger partial charge in [0.15, 0.2) is 4.77 Å². The van der Waals surface area contributed by atoms with Crippen LogP contribution in [0.4, 0.5) is 0 Å². The zero-order chi connectivity index (χ0) is 9.64. The van der Waals surface area contributed by atoms with E-state index in [0.29, 0.717) is 11.5 Å². The highest BCUT2D eigenvalue weighted by Crippen LogP contribution is 2.60. The van der Waals surface area contributed by atoms with E-state index in [9.17, 15) is 0 Å². The fourth-order valence-corrected chi connectivity index (χ4v) is 2.23. The third-order valence-electron chi connectivity index (χ3n) is 3.57. The van der Waals surface area contributed by atoms with Crippen LogP contribution in [0.15, 0.2) is 12.4 Å². The average molecular weight is 196 g/mol. The second kappa shape index (κ2) is 2.71. The first-order chi connectivity index (χ1) is 6.05. The van der Waals surface area contributed by atoms with Gasteiger partial charge >= 0.3 is 0 Å². The highest BCUT2D eigenvalue weighted by atomic mass is 32.1. The van der Waals surface area contributed by atoms with Gasteiger partial charge in [0.25, 0.3) is 0 Å². The molecule has 0 bridgehead atoms. The van der Waals surface area contributed by atoms with Crippen molar-refractivity contribution in [3.8, 4) is 0 Å². The van der Waals surface area contributed by atoms with Crippen LogP contribution in [0.1, 0.15) is 33.2 Å². The van der Waals surface area contributed by atoms with Crippen LogP contribution < -0.4 is 0 Å². The van der Waals surface area contributed by atoms with Crippen molar-refractivity contribution in [1.82, 2.24) is 9.55 Å². The number of rotatable bonds is 2. The van der Waals surface area contributed by atoms with Crippen LogP contribution in [-0.4, -0.2) is 9.55 Å². The van der Waals surface area contributed by atoms with Gasteiger partial charge in [-0.1, -0.05) is 20.8 Å². The molecule has 2 unspecified atom stereocenters. The predicted molar refractivity (Wildman–Crippen MR) is 56.2 cm³/mol. The maximum atomic E-state index is 5.20. The van der Waals surface area contributed by atoms with E-state index in [2.05, 4.69) is 36.5 Å². The Bertz CT molecular complexity index is 363. The number of aromatic nitrogens is 2. The van der Waals surface area contributed by atoms with Crippen molar-refractivity contribution in [2.45, 2.75) is 33.2 Å². The van der Waals surface area contributed by atoms with Crippen LogP contribution in [0.25, 0.3) is 0 Å². The maximum absolute atomic E-state index is 5.20. The first-order valence-corrected chi connectivity index (χ1v) is 5.22. The fraction of sp³-hybridized carbons (Fsp3) is 0.700. The molecule has 1 aromatic heterocycles. The summed E-state index contributed by atoms with van der Waals surface area (Å²) in [5.74, 6) is 0.731. The normalized spacial score (nSPS) is 32.5. The van der Waals surface area contributed by atoms with Gasteiger partial charge in [0.05, 0.1) is 0 Å². The van der Waals surface area contributed by atoms with Crippen molar-refractivity contribution < 1.29 is 0 Å². The zero-order valence-electron chi connectivity index (χ0n) is 8.37. The number of hydrogen-bond donors (Lipinski definition) is 1. The molecule has 2 atom stereocenters. The lowest BCUT2D eigenvalue weighted by Crippen LogP contribution is -2.09. The predicted octanol–water partition coefficient (Wildman–Crippen LogP) is 3.15. The molecule has 0 amide bonds. The summed E-state index contributed by atoms with van der Waals surface area (Å²) in [6, 6.07) is 0.617. The topological polar surface area (TPSA) is 20.7 Å². The highest BCUT2D eigenvalue weighted by molar-refractivity contribution is 7.71. The van der Waals surface area contributed by atoms with Crippen LogP contribution in [0.5, 0.6) is 0 Å². The van der Waals surface area contributed by atoms with Gasteiger partial charge in [-0.25, -0.2) is 0 Å². The van der Waals surface area contributed by atoms with Gasteiger partial charge in [-0.3, -0.25) is 0 Å². The first-order valence-electron chi connectivity index (χ1n) is 4.81. The minimum atomic E-state index is 0.459. The lowest BCUT2D eigenvalue weighted by molar-refractivity contribution is 0.354. The van der Waals surface area contributed by atoms with Gasteiger partial charge in [-0.15, -0.1) is 0 Å². The molecule has 13 heavy (non-hydrogen) atoms. The van der Waals surface area contributed by atoms with Gasteiger partial charge in [0.1, 0.15) is 0 Å². The second-order valence-corrected chi connectivity index (χ2v) is 4.94. The average Bonchev–Trinajstić information content (AvgIpc) is 2.55. The lowest BCUT2D eigenvalue weighted by atomic mass is 9.94. The van der Waals surface area contributed by atoms with E-state index in [4.69, 9.17) is 12.2 Å². The van der Waals surface area contributed by atoms with Gasteiger partial charge in [0.2, 0.25) is 0 Å². The highest BCUT2D eigenvalue weighted by Gasteiger charge is 2.53. The Morgan fingerprint density at radius 3 is 2.77 bits per heavy atom. The Balaban J connectivity index is 2.25. The van der Waals surface area contributed by atoms with E-state index in [0.717, 1.165) is 10.7 Å². The van der Waals surface area contributed by atoms with Gasteiger partial charge < -0.3 is 9.55 Å². The Kier molecular flexibility index (Phi) is 1.88. The molecule has 1 aliphatic rings. The molecule has 0 saturated heterocycles. The number of H-pyrrole nitrogens is 1. The summed E-state index contributed by atoms with van der Waals surface area (Å²) in [6.07, 6.45) is 5.23. The van der Waals surface area contributed by atoms with Crippen LogP contribution >= 0.6 is 12.2 Å². The zero-order valence-corrected chi connectivity index (χ0v) is 9.19. The first kappa shape index (κ1) is 9.00.